The van der Waals surface area contributed by atoms with Crippen LogP contribution in [0.2, 0.25) is 0 Å². The number of allylic oxidation sites excluding steroid dienone is 1. The molecular weight excluding hydrogens is 152 g/mol. The predicted octanol–water partition coefficient (Wildman–Crippen LogP) is 2.21. The van der Waals surface area contributed by atoms with Gasteiger partial charge in [0.15, 0.2) is 0 Å². The van der Waals surface area contributed by atoms with E-state index in [0.717, 1.165) is 32.1 Å². The van der Waals surface area contributed by atoms with Crippen LogP contribution < -0.4 is 0 Å². The molecule has 1 N–H and O–H groups in total. The fourth-order valence-electron chi connectivity index (χ4n) is 2.72. The van der Waals surface area contributed by atoms with Crippen molar-refractivity contribution in [2.45, 2.75) is 32.1 Å². The minimum absolute atomic E-state index is 0.417. The maximum Gasteiger partial charge on any atom is 0.309 e. The normalized spacial score (nSPS) is 40.0. The number of carboxylic acids is 1. The second kappa shape index (κ2) is 2.35. The molecule has 0 aromatic rings. The molecule has 2 aliphatic carbocycles. The smallest absolute Gasteiger partial charge is 0.309 e. The lowest BCUT2D eigenvalue weighted by atomic mass is 9.76. The molecule has 2 bridgehead atoms. The molecule has 0 heterocycles. The molecule has 0 aromatic carbocycles. The third kappa shape index (κ3) is 0.904. The summed E-state index contributed by atoms with van der Waals surface area (Å²) in [5.74, 6) is -0.0966. The summed E-state index contributed by atoms with van der Waals surface area (Å²) in [5.41, 5.74) is 0.759. The number of hydrogen-bond acceptors (Lipinski definition) is 1. The maximum absolute atomic E-state index is 11.0. The Morgan fingerprint density at radius 3 is 3.00 bits per heavy atom. The fourth-order valence-corrected chi connectivity index (χ4v) is 2.72. The average Bonchev–Trinajstić information content (AvgIpc) is 2.25. The molecular formula is C10H14O2. The van der Waals surface area contributed by atoms with Crippen molar-refractivity contribution in [1.29, 1.82) is 0 Å². The molecule has 0 saturated heterocycles. The van der Waals surface area contributed by atoms with Crippen LogP contribution in [0.1, 0.15) is 32.1 Å². The van der Waals surface area contributed by atoms with Crippen LogP contribution in [0.3, 0.4) is 0 Å². The van der Waals surface area contributed by atoms with Crippen molar-refractivity contribution in [3.63, 3.8) is 0 Å². The van der Waals surface area contributed by atoms with E-state index in [1.54, 1.807) is 0 Å². The van der Waals surface area contributed by atoms with Crippen molar-refractivity contribution in [3.05, 3.63) is 12.2 Å². The number of carboxylic acid groups (broad SMARTS) is 1. The van der Waals surface area contributed by atoms with Gasteiger partial charge in [-0.1, -0.05) is 18.6 Å². The highest BCUT2D eigenvalue weighted by Crippen LogP contribution is 2.53. The molecule has 2 aliphatic rings. The Bertz CT molecular complexity index is 242. The van der Waals surface area contributed by atoms with E-state index in [4.69, 9.17) is 5.11 Å². The number of fused-ring (bicyclic) bond motifs is 2. The van der Waals surface area contributed by atoms with Crippen LogP contribution in [0.25, 0.3) is 0 Å². The first-order chi connectivity index (χ1) is 5.64. The Kier molecular flexibility index (Phi) is 1.53. The van der Waals surface area contributed by atoms with Gasteiger partial charge in [0.1, 0.15) is 0 Å². The second-order valence-corrected chi connectivity index (χ2v) is 4.21. The molecule has 0 aromatic heterocycles. The zero-order chi connectivity index (χ0) is 8.77. The molecule has 2 nitrogen and oxygen atoms in total. The highest BCUT2D eigenvalue weighted by atomic mass is 16.4. The maximum atomic E-state index is 11.0. The highest BCUT2D eigenvalue weighted by Gasteiger charge is 2.49. The van der Waals surface area contributed by atoms with Crippen molar-refractivity contribution in [3.8, 4) is 0 Å². The van der Waals surface area contributed by atoms with E-state index in [0.29, 0.717) is 5.92 Å². The van der Waals surface area contributed by atoms with Crippen LogP contribution in [0.15, 0.2) is 12.2 Å². The first-order valence-corrected chi connectivity index (χ1v) is 4.55. The zero-order valence-electron chi connectivity index (χ0n) is 7.18. The van der Waals surface area contributed by atoms with Crippen LogP contribution in [-0.4, -0.2) is 11.1 Å². The lowest BCUT2D eigenvalue weighted by Crippen LogP contribution is -2.30. The summed E-state index contributed by atoms with van der Waals surface area (Å²) in [5, 5.41) is 9.09. The molecule has 66 valence electrons. The third-order valence-corrected chi connectivity index (χ3v) is 3.44. The van der Waals surface area contributed by atoms with Gasteiger partial charge in [-0.2, -0.15) is 0 Å². The molecule has 0 radical (unpaired) electrons. The number of aliphatic carboxylic acids is 1. The summed E-state index contributed by atoms with van der Waals surface area (Å²) in [6.07, 6.45) is 4.66. The van der Waals surface area contributed by atoms with E-state index in [2.05, 4.69) is 6.58 Å². The third-order valence-electron chi connectivity index (χ3n) is 3.44. The van der Waals surface area contributed by atoms with Gasteiger partial charge in [-0.25, -0.2) is 0 Å². The van der Waals surface area contributed by atoms with Gasteiger partial charge >= 0.3 is 5.97 Å². The SMILES string of the molecule is C=C1CC2(C(=O)O)CCCC1C2. The first-order valence-electron chi connectivity index (χ1n) is 4.55. The highest BCUT2D eigenvalue weighted by molar-refractivity contribution is 5.76. The van der Waals surface area contributed by atoms with Crippen LogP contribution in [0.4, 0.5) is 0 Å². The molecule has 0 aliphatic heterocycles. The van der Waals surface area contributed by atoms with Crippen molar-refractivity contribution >= 4 is 5.97 Å². The van der Waals surface area contributed by atoms with Crippen molar-refractivity contribution in [2.75, 3.05) is 0 Å². The van der Waals surface area contributed by atoms with Gasteiger partial charge in [0, 0.05) is 0 Å². The minimum Gasteiger partial charge on any atom is -0.481 e. The molecule has 0 amide bonds. The Morgan fingerprint density at radius 2 is 2.42 bits per heavy atom. The standard InChI is InChI=1S/C10H14O2/c1-7-5-10(9(11)12)4-2-3-8(7)6-10/h8H,1-6H2,(H,11,12). The van der Waals surface area contributed by atoms with Gasteiger partial charge in [-0.3, -0.25) is 4.79 Å². The summed E-state index contributed by atoms with van der Waals surface area (Å²) in [6.45, 7) is 3.96. The molecule has 0 spiro atoms. The van der Waals surface area contributed by atoms with E-state index in [1.807, 2.05) is 0 Å². The van der Waals surface area contributed by atoms with Crippen LogP contribution in [-0.2, 0) is 4.79 Å². The fraction of sp³-hybridized carbons (Fsp3) is 0.700. The molecule has 2 heteroatoms. The lowest BCUT2D eigenvalue weighted by Gasteiger charge is -2.27. The minimum atomic E-state index is -0.606. The Balaban J connectivity index is 2.29. The molecule has 2 saturated carbocycles. The molecule has 2 atom stereocenters. The summed E-state index contributed by atoms with van der Waals surface area (Å²) in [4.78, 5) is 11.0. The van der Waals surface area contributed by atoms with Gasteiger partial charge in [-0.05, 0) is 31.6 Å². The largest absolute Gasteiger partial charge is 0.481 e. The topological polar surface area (TPSA) is 37.3 Å². The van der Waals surface area contributed by atoms with E-state index in [1.165, 1.54) is 5.57 Å². The van der Waals surface area contributed by atoms with E-state index < -0.39 is 11.4 Å². The summed E-state index contributed by atoms with van der Waals surface area (Å²) < 4.78 is 0. The molecule has 2 rings (SSSR count). The Hall–Kier alpha value is -0.790. The summed E-state index contributed by atoms with van der Waals surface area (Å²) >= 11 is 0. The number of rotatable bonds is 1. The van der Waals surface area contributed by atoms with Crippen molar-refractivity contribution in [1.82, 2.24) is 0 Å². The molecule has 12 heavy (non-hydrogen) atoms. The Morgan fingerprint density at radius 1 is 1.67 bits per heavy atom. The molecule has 2 fully saturated rings. The van der Waals surface area contributed by atoms with Gasteiger partial charge in [-0.15, -0.1) is 0 Å². The first kappa shape index (κ1) is 7.84. The monoisotopic (exact) mass is 166 g/mol. The Labute approximate surface area is 72.3 Å². The van der Waals surface area contributed by atoms with Crippen molar-refractivity contribution in [2.24, 2.45) is 11.3 Å². The lowest BCUT2D eigenvalue weighted by molar-refractivity contribution is -0.150. The van der Waals surface area contributed by atoms with E-state index in [-0.39, 0.29) is 0 Å². The van der Waals surface area contributed by atoms with E-state index >= 15 is 0 Å². The second-order valence-electron chi connectivity index (χ2n) is 4.21. The van der Waals surface area contributed by atoms with Crippen LogP contribution in [0.5, 0.6) is 0 Å². The van der Waals surface area contributed by atoms with Crippen molar-refractivity contribution < 1.29 is 9.90 Å². The summed E-state index contributed by atoms with van der Waals surface area (Å²) in [7, 11) is 0. The predicted molar refractivity (Wildman–Crippen MR) is 45.8 cm³/mol. The zero-order valence-corrected chi connectivity index (χ0v) is 7.18. The average molecular weight is 166 g/mol. The number of hydrogen-bond donors (Lipinski definition) is 1. The number of carbonyl (C=O) groups is 1. The van der Waals surface area contributed by atoms with Crippen LogP contribution >= 0.6 is 0 Å². The quantitative estimate of drug-likeness (QED) is 0.606. The van der Waals surface area contributed by atoms with Gasteiger partial charge in [0.2, 0.25) is 0 Å². The van der Waals surface area contributed by atoms with Gasteiger partial charge in [0.25, 0.3) is 0 Å². The summed E-state index contributed by atoms with van der Waals surface area (Å²) in [6, 6.07) is 0. The van der Waals surface area contributed by atoms with E-state index in [9.17, 15) is 4.79 Å². The molecule has 2 unspecified atom stereocenters. The van der Waals surface area contributed by atoms with Gasteiger partial charge in [0.05, 0.1) is 5.41 Å². The van der Waals surface area contributed by atoms with Gasteiger partial charge < -0.3 is 5.11 Å². The van der Waals surface area contributed by atoms with Crippen LogP contribution in [0, 0.1) is 11.3 Å².